The second-order valence-corrected chi connectivity index (χ2v) is 10.0. The van der Waals surface area contributed by atoms with E-state index < -0.39 is 0 Å². The topological polar surface area (TPSA) is 0 Å². The first-order valence-electron chi connectivity index (χ1n) is 9.47. The molecule has 0 atom stereocenters. The minimum absolute atomic E-state index is 0. The maximum atomic E-state index is 2.34. The molecule has 2 aromatic rings. The summed E-state index contributed by atoms with van der Waals surface area (Å²) in [7, 11) is 0. The third-order valence-corrected chi connectivity index (χ3v) is 4.72. The van der Waals surface area contributed by atoms with Gasteiger partial charge < -0.3 is 24.8 Å². The summed E-state index contributed by atoms with van der Waals surface area (Å²) in [6.07, 6.45) is 10.9. The maximum absolute atomic E-state index is 2.34. The van der Waals surface area contributed by atoms with Gasteiger partial charge in [0.05, 0.1) is 0 Å². The summed E-state index contributed by atoms with van der Waals surface area (Å²) in [5.74, 6) is 0. The molecule has 0 aliphatic heterocycles. The largest absolute Gasteiger partial charge is 1.00 e. The Bertz CT molecular complexity index is 561. The van der Waals surface area contributed by atoms with Gasteiger partial charge in [-0.2, -0.15) is 45.5 Å². The van der Waals surface area contributed by atoms with E-state index in [2.05, 4.69) is 52.0 Å². The molecule has 0 N–H and O–H groups in total. The molecule has 2 aliphatic rings. The van der Waals surface area contributed by atoms with E-state index in [-0.39, 0.29) is 24.8 Å². The van der Waals surface area contributed by atoms with Gasteiger partial charge >= 0.3 is 41.3 Å². The molecule has 0 unspecified atom stereocenters. The molecule has 4 rings (SSSR count). The molecular weight excluding hydrogens is 438 g/mol. The number of rotatable bonds is 0. The fraction of sp³-hybridized carbons (Fsp3) is 0.522. The number of fused-ring (bicyclic) bond motifs is 2. The summed E-state index contributed by atoms with van der Waals surface area (Å²) in [5, 5.41) is 0. The minimum atomic E-state index is 0. The van der Waals surface area contributed by atoms with Gasteiger partial charge in [-0.3, -0.25) is 0 Å². The standard InChI is InChI=1S/2C10H13.C3H6.2ClH.Zr/c2*1-8-6-9-4-2-3-5-10(9)7-8;1-3-2;;;/h2*6-7H,2-5H2,1H3;1-2H3;2*1H;/q2*-1;;;;+2/p-2. The predicted molar refractivity (Wildman–Crippen MR) is 103 cm³/mol. The van der Waals surface area contributed by atoms with Gasteiger partial charge in [0.15, 0.2) is 0 Å². The third kappa shape index (κ3) is 8.81. The van der Waals surface area contributed by atoms with Crippen molar-refractivity contribution in [3.63, 3.8) is 0 Å². The SMILES string of the molecule is C[C](C)=[Zr+2].Cc1cc2c([cH-]1)CCCC2.Cc1cc2c([cH-]1)CCCC2.[Cl-].[Cl-]. The van der Waals surface area contributed by atoms with Gasteiger partial charge in [-0.25, -0.2) is 12.1 Å². The van der Waals surface area contributed by atoms with E-state index >= 15 is 0 Å². The summed E-state index contributed by atoms with van der Waals surface area (Å²) in [4.78, 5) is 0. The molecule has 2 aliphatic carbocycles. The van der Waals surface area contributed by atoms with Crippen LogP contribution in [0.4, 0.5) is 0 Å². The van der Waals surface area contributed by atoms with Crippen molar-refractivity contribution in [3.05, 3.63) is 57.6 Å². The zero-order valence-electron chi connectivity index (χ0n) is 16.7. The molecule has 0 saturated carbocycles. The quantitative estimate of drug-likeness (QED) is 0.474. The van der Waals surface area contributed by atoms with Crippen molar-refractivity contribution in [3.8, 4) is 0 Å². The van der Waals surface area contributed by atoms with Crippen molar-refractivity contribution >= 4 is 3.21 Å². The zero-order valence-corrected chi connectivity index (χ0v) is 20.7. The summed E-state index contributed by atoms with van der Waals surface area (Å²) >= 11 is 1.55. The van der Waals surface area contributed by atoms with E-state index in [1.165, 1.54) is 65.7 Å². The first kappa shape index (κ1) is 26.0. The normalized spacial score (nSPS) is 14.1. The van der Waals surface area contributed by atoms with Gasteiger partial charge in [-0.05, 0) is 0 Å². The minimum Gasteiger partial charge on any atom is -1.00 e. The van der Waals surface area contributed by atoms with Gasteiger partial charge in [-0.15, -0.1) is 0 Å². The van der Waals surface area contributed by atoms with Crippen LogP contribution in [0.25, 0.3) is 0 Å². The van der Waals surface area contributed by atoms with E-state index in [9.17, 15) is 0 Å². The monoisotopic (exact) mass is 468 g/mol. The number of hydrogen-bond donors (Lipinski definition) is 0. The molecular formula is C23H32Cl2Zr-2. The zero-order chi connectivity index (χ0) is 17.5. The smallest absolute Gasteiger partial charge is 0.0512 e. The number of halogens is 2. The van der Waals surface area contributed by atoms with Gasteiger partial charge in [-0.1, -0.05) is 65.2 Å². The maximum Gasteiger partial charge on any atom is -0.0512 e. The summed E-state index contributed by atoms with van der Waals surface area (Å²) in [6, 6.07) is 9.37. The van der Waals surface area contributed by atoms with Crippen LogP contribution in [0.1, 0.15) is 72.9 Å². The second-order valence-electron chi connectivity index (χ2n) is 7.58. The fourth-order valence-electron chi connectivity index (χ4n) is 3.75. The van der Waals surface area contributed by atoms with Crippen molar-refractivity contribution in [2.75, 3.05) is 0 Å². The third-order valence-electron chi connectivity index (χ3n) is 4.72. The Labute approximate surface area is 188 Å². The van der Waals surface area contributed by atoms with E-state index in [0.29, 0.717) is 0 Å². The van der Waals surface area contributed by atoms with Crippen molar-refractivity contribution in [2.24, 2.45) is 0 Å². The summed E-state index contributed by atoms with van der Waals surface area (Å²) in [5.41, 5.74) is 9.36. The second kappa shape index (κ2) is 13.3. The number of hydrogen-bond acceptors (Lipinski definition) is 0. The average Bonchev–Trinajstić information content (AvgIpc) is 3.07. The van der Waals surface area contributed by atoms with Crippen LogP contribution in [0, 0.1) is 13.8 Å². The average molecular weight is 471 g/mol. The van der Waals surface area contributed by atoms with Gasteiger partial charge in [0.2, 0.25) is 0 Å². The molecule has 0 amide bonds. The Kier molecular flexibility index (Phi) is 13.3. The molecule has 0 nitrogen and oxygen atoms in total. The molecule has 0 bridgehead atoms. The molecule has 0 spiro atoms. The number of aryl methyl sites for hydroxylation is 6. The molecule has 2 aromatic carbocycles. The van der Waals surface area contributed by atoms with Gasteiger partial charge in [0.1, 0.15) is 0 Å². The summed E-state index contributed by atoms with van der Waals surface area (Å²) in [6.45, 7) is 8.63. The molecule has 0 aromatic heterocycles. The first-order valence-corrected chi connectivity index (χ1v) is 10.7. The van der Waals surface area contributed by atoms with Gasteiger partial charge in [0.25, 0.3) is 0 Å². The van der Waals surface area contributed by atoms with E-state index in [0.717, 1.165) is 0 Å². The molecule has 3 heteroatoms. The summed E-state index contributed by atoms with van der Waals surface area (Å²) < 4.78 is 1.51. The van der Waals surface area contributed by atoms with E-state index in [1.54, 1.807) is 46.5 Å². The molecule has 26 heavy (non-hydrogen) atoms. The van der Waals surface area contributed by atoms with Crippen molar-refractivity contribution < 1.29 is 49.0 Å². The first-order chi connectivity index (χ1) is 11.5. The van der Waals surface area contributed by atoms with Crippen molar-refractivity contribution in [1.29, 1.82) is 0 Å². The Morgan fingerprint density at radius 3 is 1.35 bits per heavy atom. The molecule has 0 radical (unpaired) electrons. The van der Waals surface area contributed by atoms with E-state index in [1.807, 2.05) is 0 Å². The van der Waals surface area contributed by atoms with Crippen LogP contribution in [-0.2, 0) is 49.9 Å². The van der Waals surface area contributed by atoms with Crippen LogP contribution in [0.5, 0.6) is 0 Å². The van der Waals surface area contributed by atoms with E-state index in [4.69, 9.17) is 0 Å². The van der Waals surface area contributed by atoms with Crippen LogP contribution in [0.2, 0.25) is 0 Å². The molecule has 0 heterocycles. The fourth-order valence-corrected chi connectivity index (χ4v) is 3.75. The van der Waals surface area contributed by atoms with Crippen molar-refractivity contribution in [1.82, 2.24) is 0 Å². The Balaban J connectivity index is 0.000000378. The molecule has 144 valence electrons. The van der Waals surface area contributed by atoms with Crippen LogP contribution in [0.15, 0.2) is 24.3 Å². The van der Waals surface area contributed by atoms with Gasteiger partial charge in [0, 0.05) is 0 Å². The Hall–Kier alpha value is 0.0331. The Morgan fingerprint density at radius 1 is 0.731 bits per heavy atom. The predicted octanol–water partition coefficient (Wildman–Crippen LogP) is -0.0612. The van der Waals surface area contributed by atoms with Crippen LogP contribution >= 0.6 is 0 Å². The van der Waals surface area contributed by atoms with Crippen molar-refractivity contribution in [2.45, 2.75) is 79.1 Å². The van der Waals surface area contributed by atoms with Crippen LogP contribution < -0.4 is 24.8 Å². The molecule has 0 fully saturated rings. The molecule has 0 saturated heterocycles. The Morgan fingerprint density at radius 2 is 1.04 bits per heavy atom. The van der Waals surface area contributed by atoms with Crippen LogP contribution in [-0.4, -0.2) is 3.21 Å². The van der Waals surface area contributed by atoms with Crippen LogP contribution in [0.3, 0.4) is 0 Å².